The Kier molecular flexibility index (Phi) is 4.05. The van der Waals surface area contributed by atoms with E-state index in [0.29, 0.717) is 0 Å². The number of nitrogens with zero attached hydrogens (tertiary/aromatic N) is 4. The van der Waals surface area contributed by atoms with E-state index in [1.807, 2.05) is 11.0 Å². The molecule has 0 radical (unpaired) electrons. The van der Waals surface area contributed by atoms with E-state index >= 15 is 0 Å². The molecule has 3 heterocycles. The summed E-state index contributed by atoms with van der Waals surface area (Å²) in [6.45, 7) is 3.79. The van der Waals surface area contributed by atoms with E-state index in [-0.39, 0.29) is 17.9 Å². The summed E-state index contributed by atoms with van der Waals surface area (Å²) in [5.74, 6) is 0.903. The highest BCUT2D eigenvalue weighted by molar-refractivity contribution is 5.77. The molecule has 0 aliphatic carbocycles. The first-order valence-electron chi connectivity index (χ1n) is 7.51. The van der Waals surface area contributed by atoms with Crippen molar-refractivity contribution in [2.24, 2.45) is 5.41 Å². The number of rotatable bonds is 3. The van der Waals surface area contributed by atoms with Crippen LogP contribution in [0.25, 0.3) is 0 Å². The van der Waals surface area contributed by atoms with Gasteiger partial charge in [-0.1, -0.05) is 0 Å². The van der Waals surface area contributed by atoms with E-state index in [4.69, 9.17) is 4.74 Å². The zero-order chi connectivity index (χ0) is 14.7. The highest BCUT2D eigenvalue weighted by atomic mass is 16.5. The van der Waals surface area contributed by atoms with Crippen molar-refractivity contribution in [3.8, 4) is 0 Å². The molecule has 2 aliphatic heterocycles. The lowest BCUT2D eigenvalue weighted by Crippen LogP contribution is -2.46. The molecule has 6 nitrogen and oxygen atoms in total. The standard InChI is InChI=1S/C15H22N4O2/c1-21-10-13(20)18-9-5-15(11-18)4-2-8-19(12-15)14-16-6-3-7-17-14/h3,6-7H,2,4-5,8-12H2,1H3/t15-/m1/s1. The maximum absolute atomic E-state index is 12.0. The lowest BCUT2D eigenvalue weighted by Gasteiger charge is -2.40. The molecule has 6 heteroatoms. The molecule has 21 heavy (non-hydrogen) atoms. The van der Waals surface area contributed by atoms with Crippen molar-refractivity contribution in [3.63, 3.8) is 0 Å². The molecule has 2 aliphatic rings. The van der Waals surface area contributed by atoms with E-state index in [1.54, 1.807) is 19.5 Å². The van der Waals surface area contributed by atoms with Gasteiger partial charge in [0.2, 0.25) is 11.9 Å². The molecule has 2 saturated heterocycles. The zero-order valence-electron chi connectivity index (χ0n) is 12.5. The van der Waals surface area contributed by atoms with E-state index < -0.39 is 0 Å². The Labute approximate surface area is 125 Å². The number of piperidine rings is 1. The summed E-state index contributed by atoms with van der Waals surface area (Å²) in [6.07, 6.45) is 6.93. The van der Waals surface area contributed by atoms with Gasteiger partial charge < -0.3 is 14.5 Å². The Balaban J connectivity index is 1.67. The number of carbonyl (C=O) groups excluding carboxylic acids is 1. The summed E-state index contributed by atoms with van der Waals surface area (Å²) in [7, 11) is 1.57. The molecule has 0 aromatic carbocycles. The molecule has 0 bridgehead atoms. The molecule has 1 amide bonds. The smallest absolute Gasteiger partial charge is 0.248 e. The fourth-order valence-electron chi connectivity index (χ4n) is 3.53. The van der Waals surface area contributed by atoms with Crippen LogP contribution in [0.1, 0.15) is 19.3 Å². The molecule has 1 atom stereocenters. The summed E-state index contributed by atoms with van der Waals surface area (Å²) >= 11 is 0. The molecule has 1 aromatic heterocycles. The second kappa shape index (κ2) is 5.97. The number of likely N-dealkylation sites (tertiary alicyclic amines) is 1. The lowest BCUT2D eigenvalue weighted by atomic mass is 9.79. The van der Waals surface area contributed by atoms with Gasteiger partial charge in [-0.15, -0.1) is 0 Å². The average Bonchev–Trinajstić information content (AvgIpc) is 2.92. The van der Waals surface area contributed by atoms with Gasteiger partial charge in [0.05, 0.1) is 0 Å². The number of anilines is 1. The van der Waals surface area contributed by atoms with Crippen LogP contribution in [0.3, 0.4) is 0 Å². The molecule has 0 saturated carbocycles. The Morgan fingerprint density at radius 3 is 2.86 bits per heavy atom. The fraction of sp³-hybridized carbons (Fsp3) is 0.667. The van der Waals surface area contributed by atoms with Gasteiger partial charge in [0.1, 0.15) is 6.61 Å². The van der Waals surface area contributed by atoms with Crippen LogP contribution in [0.4, 0.5) is 5.95 Å². The first kappa shape index (κ1) is 14.3. The van der Waals surface area contributed by atoms with Gasteiger partial charge in [-0.05, 0) is 25.3 Å². The largest absolute Gasteiger partial charge is 0.375 e. The molecule has 2 fully saturated rings. The third-order valence-electron chi connectivity index (χ3n) is 4.56. The van der Waals surface area contributed by atoms with Gasteiger partial charge in [0.15, 0.2) is 0 Å². The van der Waals surface area contributed by atoms with Crippen LogP contribution in [0.15, 0.2) is 18.5 Å². The number of methoxy groups -OCH3 is 1. The minimum absolute atomic E-state index is 0.0995. The van der Waals surface area contributed by atoms with E-state index in [1.165, 1.54) is 6.42 Å². The summed E-state index contributed by atoms with van der Waals surface area (Å²) in [4.78, 5) is 24.9. The summed E-state index contributed by atoms with van der Waals surface area (Å²) < 4.78 is 4.96. The Hall–Kier alpha value is -1.69. The molecule has 3 rings (SSSR count). The molecule has 0 N–H and O–H groups in total. The van der Waals surface area contributed by atoms with Gasteiger partial charge in [-0.2, -0.15) is 0 Å². The van der Waals surface area contributed by atoms with Crippen molar-refractivity contribution >= 4 is 11.9 Å². The summed E-state index contributed by atoms with van der Waals surface area (Å²) in [5, 5.41) is 0. The normalized spacial score (nSPS) is 25.6. The van der Waals surface area contributed by atoms with Crippen molar-refractivity contribution in [2.45, 2.75) is 19.3 Å². The van der Waals surface area contributed by atoms with E-state index in [2.05, 4.69) is 14.9 Å². The van der Waals surface area contributed by atoms with Crippen LogP contribution in [0.2, 0.25) is 0 Å². The molecular formula is C15H22N4O2. The highest BCUT2D eigenvalue weighted by Crippen LogP contribution is 2.39. The van der Waals surface area contributed by atoms with E-state index in [9.17, 15) is 4.79 Å². The van der Waals surface area contributed by atoms with Crippen molar-refractivity contribution in [1.82, 2.24) is 14.9 Å². The monoisotopic (exact) mass is 290 g/mol. The minimum Gasteiger partial charge on any atom is -0.375 e. The van der Waals surface area contributed by atoms with Gasteiger partial charge in [0, 0.05) is 51.1 Å². The third kappa shape index (κ3) is 3.00. The molecular weight excluding hydrogens is 268 g/mol. The minimum atomic E-state index is 0.0995. The number of aromatic nitrogens is 2. The summed E-state index contributed by atoms with van der Waals surface area (Å²) in [6, 6.07) is 1.84. The fourth-order valence-corrected chi connectivity index (χ4v) is 3.53. The number of carbonyl (C=O) groups is 1. The number of hydrogen-bond donors (Lipinski definition) is 0. The SMILES string of the molecule is COCC(=O)N1CC[C@]2(CCCN(c3ncccn3)C2)C1. The van der Waals surface area contributed by atoms with Crippen molar-refractivity contribution in [2.75, 3.05) is 44.8 Å². The number of amides is 1. The van der Waals surface area contributed by atoms with Gasteiger partial charge in [-0.3, -0.25) is 4.79 Å². The van der Waals surface area contributed by atoms with Gasteiger partial charge in [-0.25, -0.2) is 9.97 Å². The van der Waals surface area contributed by atoms with Crippen LogP contribution in [-0.4, -0.2) is 60.7 Å². The highest BCUT2D eigenvalue weighted by Gasteiger charge is 2.43. The van der Waals surface area contributed by atoms with Gasteiger partial charge in [0.25, 0.3) is 0 Å². The zero-order valence-corrected chi connectivity index (χ0v) is 12.5. The van der Waals surface area contributed by atoms with Crippen molar-refractivity contribution < 1.29 is 9.53 Å². The van der Waals surface area contributed by atoms with Crippen molar-refractivity contribution in [1.29, 1.82) is 0 Å². The third-order valence-corrected chi connectivity index (χ3v) is 4.56. The average molecular weight is 290 g/mol. The first-order valence-corrected chi connectivity index (χ1v) is 7.51. The van der Waals surface area contributed by atoms with E-state index in [0.717, 1.165) is 45.0 Å². The molecule has 1 spiro atoms. The quantitative estimate of drug-likeness (QED) is 0.829. The first-order chi connectivity index (χ1) is 10.2. The lowest BCUT2D eigenvalue weighted by molar-refractivity contribution is -0.134. The van der Waals surface area contributed by atoms with Crippen LogP contribution >= 0.6 is 0 Å². The Morgan fingerprint density at radius 2 is 2.10 bits per heavy atom. The predicted molar refractivity (Wildman–Crippen MR) is 79.0 cm³/mol. The number of hydrogen-bond acceptors (Lipinski definition) is 5. The summed E-state index contributed by atoms with van der Waals surface area (Å²) in [5.41, 5.74) is 0.195. The predicted octanol–water partition coefficient (Wildman–Crippen LogP) is 0.942. The Morgan fingerprint density at radius 1 is 1.29 bits per heavy atom. The molecule has 114 valence electrons. The Bertz CT molecular complexity index is 496. The van der Waals surface area contributed by atoms with Crippen LogP contribution in [0.5, 0.6) is 0 Å². The maximum Gasteiger partial charge on any atom is 0.248 e. The maximum atomic E-state index is 12.0. The van der Waals surface area contributed by atoms with Crippen LogP contribution < -0.4 is 4.90 Å². The van der Waals surface area contributed by atoms with Gasteiger partial charge >= 0.3 is 0 Å². The second-order valence-corrected chi connectivity index (χ2v) is 6.07. The second-order valence-electron chi connectivity index (χ2n) is 6.07. The number of ether oxygens (including phenoxy) is 1. The molecule has 0 unspecified atom stereocenters. The topological polar surface area (TPSA) is 58.6 Å². The molecule has 1 aromatic rings. The van der Waals surface area contributed by atoms with Crippen LogP contribution in [0, 0.1) is 5.41 Å². The van der Waals surface area contributed by atoms with Crippen molar-refractivity contribution in [3.05, 3.63) is 18.5 Å². The van der Waals surface area contributed by atoms with Crippen LogP contribution in [-0.2, 0) is 9.53 Å².